The average molecular weight is 228 g/mol. The fourth-order valence-electron chi connectivity index (χ4n) is 2.42. The van der Waals surface area contributed by atoms with E-state index in [1.807, 2.05) is 30.3 Å². The third-order valence-electron chi connectivity index (χ3n) is 3.38. The van der Waals surface area contributed by atoms with E-state index in [0.717, 1.165) is 16.9 Å². The lowest BCUT2D eigenvalue weighted by Crippen LogP contribution is -2.01. The molecule has 0 saturated carbocycles. The number of halogens is 1. The molecule has 2 aromatic carbocycles. The van der Waals surface area contributed by atoms with Crippen molar-refractivity contribution in [3.63, 3.8) is 0 Å². The molecule has 0 amide bonds. The molecule has 0 spiro atoms. The third-order valence-corrected chi connectivity index (χ3v) is 3.38. The molecule has 1 heterocycles. The van der Waals surface area contributed by atoms with Crippen molar-refractivity contribution in [1.29, 1.82) is 0 Å². The van der Waals surface area contributed by atoms with Gasteiger partial charge in [0.25, 0.3) is 0 Å². The molecule has 2 aromatic rings. The Kier molecular flexibility index (Phi) is 2.36. The maximum atomic E-state index is 13.8. The van der Waals surface area contributed by atoms with Crippen LogP contribution >= 0.6 is 0 Å². The lowest BCUT2D eigenvalue weighted by Gasteiger charge is -2.13. The van der Waals surface area contributed by atoms with Gasteiger partial charge in [-0.25, -0.2) is 4.39 Å². The Morgan fingerprint density at radius 2 is 1.82 bits per heavy atom. The average Bonchev–Trinajstić information content (AvgIpc) is 2.50. The summed E-state index contributed by atoms with van der Waals surface area (Å²) in [5.41, 5.74) is 2.82. The lowest BCUT2D eigenvalue weighted by atomic mass is 9.90. The maximum absolute atomic E-state index is 13.8. The van der Waals surface area contributed by atoms with Crippen LogP contribution in [-0.4, -0.2) is 0 Å². The topological polar surface area (TPSA) is 9.23 Å². The van der Waals surface area contributed by atoms with E-state index in [1.165, 1.54) is 6.07 Å². The van der Waals surface area contributed by atoms with Gasteiger partial charge in [0, 0.05) is 17.0 Å². The molecule has 3 rings (SSSR count). The van der Waals surface area contributed by atoms with Crippen LogP contribution in [0.25, 0.3) is 0 Å². The standard InChI is InChI=1S/C15H13FO/c1-10-11-6-4-7-14(16)13(11)9-17-15-8-3-2-5-12(10)15/h2-8,10H,9H2,1H3/t10-/m1/s1. The van der Waals surface area contributed by atoms with Gasteiger partial charge in [0.1, 0.15) is 18.2 Å². The molecule has 0 fully saturated rings. The number of rotatable bonds is 0. The van der Waals surface area contributed by atoms with Crippen LogP contribution in [0.5, 0.6) is 5.75 Å². The van der Waals surface area contributed by atoms with Crippen LogP contribution in [0.1, 0.15) is 29.5 Å². The second-order valence-electron chi connectivity index (χ2n) is 4.36. The first-order valence-corrected chi connectivity index (χ1v) is 5.76. The van der Waals surface area contributed by atoms with Crippen molar-refractivity contribution >= 4 is 0 Å². The maximum Gasteiger partial charge on any atom is 0.130 e. The summed E-state index contributed by atoms with van der Waals surface area (Å²) >= 11 is 0. The minimum atomic E-state index is -0.179. The van der Waals surface area contributed by atoms with Crippen molar-refractivity contribution in [3.8, 4) is 5.75 Å². The summed E-state index contributed by atoms with van der Waals surface area (Å²) in [7, 11) is 0. The second kappa shape index (κ2) is 3.88. The second-order valence-corrected chi connectivity index (χ2v) is 4.36. The Labute approximate surface area is 99.9 Å². The highest BCUT2D eigenvalue weighted by Crippen LogP contribution is 2.37. The van der Waals surface area contributed by atoms with Gasteiger partial charge in [-0.05, 0) is 17.7 Å². The monoisotopic (exact) mass is 228 g/mol. The van der Waals surface area contributed by atoms with Crippen LogP contribution < -0.4 is 4.74 Å². The Morgan fingerprint density at radius 1 is 1.06 bits per heavy atom. The minimum Gasteiger partial charge on any atom is -0.488 e. The molecule has 17 heavy (non-hydrogen) atoms. The number of para-hydroxylation sites is 1. The number of fused-ring (bicyclic) bond motifs is 2. The number of ether oxygens (including phenoxy) is 1. The van der Waals surface area contributed by atoms with E-state index in [1.54, 1.807) is 6.07 Å². The van der Waals surface area contributed by atoms with E-state index < -0.39 is 0 Å². The van der Waals surface area contributed by atoms with Gasteiger partial charge in [-0.2, -0.15) is 0 Å². The van der Waals surface area contributed by atoms with E-state index in [-0.39, 0.29) is 11.7 Å². The lowest BCUT2D eigenvalue weighted by molar-refractivity contribution is 0.300. The Hall–Kier alpha value is -1.83. The fraction of sp³-hybridized carbons (Fsp3) is 0.200. The minimum absolute atomic E-state index is 0.166. The van der Waals surface area contributed by atoms with Crippen molar-refractivity contribution in [3.05, 3.63) is 65.0 Å². The van der Waals surface area contributed by atoms with Gasteiger partial charge in [-0.1, -0.05) is 37.3 Å². The van der Waals surface area contributed by atoms with Crippen molar-refractivity contribution in [2.24, 2.45) is 0 Å². The Balaban J connectivity index is 2.20. The zero-order valence-electron chi connectivity index (χ0n) is 9.61. The van der Waals surface area contributed by atoms with Gasteiger partial charge in [0.2, 0.25) is 0 Å². The molecule has 0 saturated heterocycles. The predicted octanol–water partition coefficient (Wildman–Crippen LogP) is 3.87. The Morgan fingerprint density at radius 3 is 2.71 bits per heavy atom. The first-order valence-electron chi connectivity index (χ1n) is 5.76. The number of hydrogen-bond donors (Lipinski definition) is 0. The zero-order valence-corrected chi connectivity index (χ0v) is 9.61. The normalized spacial score (nSPS) is 17.6. The van der Waals surface area contributed by atoms with Crippen molar-refractivity contribution in [1.82, 2.24) is 0 Å². The van der Waals surface area contributed by atoms with Crippen LogP contribution in [-0.2, 0) is 6.61 Å². The van der Waals surface area contributed by atoms with Crippen LogP contribution in [0.4, 0.5) is 4.39 Å². The Bertz CT molecular complexity index is 563. The zero-order chi connectivity index (χ0) is 11.8. The van der Waals surface area contributed by atoms with Gasteiger partial charge >= 0.3 is 0 Å². The molecule has 0 unspecified atom stereocenters. The summed E-state index contributed by atoms with van der Waals surface area (Å²) in [6.07, 6.45) is 0. The van der Waals surface area contributed by atoms with E-state index in [4.69, 9.17) is 4.74 Å². The van der Waals surface area contributed by atoms with Gasteiger partial charge in [0.15, 0.2) is 0 Å². The van der Waals surface area contributed by atoms with Crippen LogP contribution in [0.3, 0.4) is 0 Å². The van der Waals surface area contributed by atoms with E-state index in [2.05, 4.69) is 6.92 Å². The summed E-state index contributed by atoms with van der Waals surface area (Å²) in [6, 6.07) is 13.1. The highest BCUT2D eigenvalue weighted by atomic mass is 19.1. The summed E-state index contributed by atoms with van der Waals surface area (Å²) in [5.74, 6) is 0.845. The van der Waals surface area contributed by atoms with Crippen molar-refractivity contribution in [2.45, 2.75) is 19.4 Å². The highest BCUT2D eigenvalue weighted by Gasteiger charge is 2.22. The van der Waals surface area contributed by atoms with E-state index >= 15 is 0 Å². The molecular formula is C15H13FO. The van der Waals surface area contributed by atoms with Crippen LogP contribution in [0.2, 0.25) is 0 Å². The fourth-order valence-corrected chi connectivity index (χ4v) is 2.42. The smallest absolute Gasteiger partial charge is 0.130 e. The number of benzene rings is 2. The third kappa shape index (κ3) is 1.60. The van der Waals surface area contributed by atoms with Crippen molar-refractivity contribution < 1.29 is 9.13 Å². The predicted molar refractivity (Wildman–Crippen MR) is 64.7 cm³/mol. The molecular weight excluding hydrogens is 215 g/mol. The molecule has 86 valence electrons. The molecule has 0 aliphatic carbocycles. The SMILES string of the molecule is C[C@H]1c2ccccc2OCc2c(F)cccc21. The van der Waals surface area contributed by atoms with Crippen LogP contribution in [0, 0.1) is 5.82 Å². The van der Waals surface area contributed by atoms with Crippen LogP contribution in [0.15, 0.2) is 42.5 Å². The van der Waals surface area contributed by atoms with Gasteiger partial charge in [0.05, 0.1) is 0 Å². The molecule has 1 aliphatic heterocycles. The molecule has 2 heteroatoms. The van der Waals surface area contributed by atoms with Gasteiger partial charge in [-0.3, -0.25) is 0 Å². The van der Waals surface area contributed by atoms with Gasteiger partial charge in [-0.15, -0.1) is 0 Å². The first-order chi connectivity index (χ1) is 8.27. The largest absolute Gasteiger partial charge is 0.488 e. The molecule has 0 radical (unpaired) electrons. The molecule has 1 nitrogen and oxygen atoms in total. The molecule has 0 bridgehead atoms. The summed E-state index contributed by atoms with van der Waals surface area (Å²) in [6.45, 7) is 2.40. The summed E-state index contributed by atoms with van der Waals surface area (Å²) in [5, 5.41) is 0. The summed E-state index contributed by atoms with van der Waals surface area (Å²) < 4.78 is 19.5. The quantitative estimate of drug-likeness (QED) is 0.665. The van der Waals surface area contributed by atoms with Gasteiger partial charge < -0.3 is 4.74 Å². The number of hydrogen-bond acceptors (Lipinski definition) is 1. The molecule has 0 aromatic heterocycles. The molecule has 0 N–H and O–H groups in total. The molecule has 1 atom stereocenters. The molecule has 1 aliphatic rings. The highest BCUT2D eigenvalue weighted by molar-refractivity contribution is 5.46. The van der Waals surface area contributed by atoms with Crippen molar-refractivity contribution in [2.75, 3.05) is 0 Å². The first kappa shape index (κ1) is 10.3. The summed E-state index contributed by atoms with van der Waals surface area (Å²) in [4.78, 5) is 0. The van der Waals surface area contributed by atoms with E-state index in [9.17, 15) is 4.39 Å². The van der Waals surface area contributed by atoms with E-state index in [0.29, 0.717) is 12.2 Å².